The summed E-state index contributed by atoms with van der Waals surface area (Å²) >= 11 is 0. The Morgan fingerprint density at radius 2 is 1.61 bits per heavy atom. The summed E-state index contributed by atoms with van der Waals surface area (Å²) < 4.78 is 17.0. The standard InChI is InChI=1S/C29H28N2O5/c1-5-35-27-16-28-25(26(17-36-28)20-6-12-23(34-4)13-7-20)15-24(27)18(2)14-29(33)31-22-10-8-21(9-11-22)30-19(3)32/h6-17H,5H2,1-4H3,(H,30,32)(H,31,33)/b18-14+. The molecule has 0 saturated carbocycles. The summed E-state index contributed by atoms with van der Waals surface area (Å²) in [5.41, 5.74) is 5.46. The number of carbonyl (C=O) groups is 2. The number of anilines is 2. The van der Waals surface area contributed by atoms with E-state index in [1.165, 1.54) is 6.92 Å². The van der Waals surface area contributed by atoms with Gasteiger partial charge in [-0.3, -0.25) is 9.59 Å². The monoisotopic (exact) mass is 484 g/mol. The molecule has 0 saturated heterocycles. The van der Waals surface area contributed by atoms with Crippen LogP contribution in [0.4, 0.5) is 11.4 Å². The molecule has 0 aliphatic heterocycles. The van der Waals surface area contributed by atoms with Crippen LogP contribution in [-0.2, 0) is 9.59 Å². The van der Waals surface area contributed by atoms with Gasteiger partial charge in [0.2, 0.25) is 11.8 Å². The van der Waals surface area contributed by atoms with Crippen LogP contribution in [0.1, 0.15) is 26.3 Å². The molecule has 1 heterocycles. The number of benzene rings is 3. The van der Waals surface area contributed by atoms with Gasteiger partial charge < -0.3 is 24.5 Å². The second-order valence-corrected chi connectivity index (χ2v) is 8.23. The molecule has 0 aliphatic rings. The fourth-order valence-corrected chi connectivity index (χ4v) is 3.93. The molecule has 4 aromatic rings. The lowest BCUT2D eigenvalue weighted by Gasteiger charge is -2.12. The molecule has 2 N–H and O–H groups in total. The number of carbonyl (C=O) groups excluding carboxylic acids is 2. The number of rotatable bonds is 8. The summed E-state index contributed by atoms with van der Waals surface area (Å²) in [5.74, 6) is 0.993. The first-order chi connectivity index (χ1) is 17.4. The number of nitrogens with one attached hydrogen (secondary N) is 2. The van der Waals surface area contributed by atoms with Gasteiger partial charge in [0.1, 0.15) is 17.1 Å². The maximum Gasteiger partial charge on any atom is 0.248 e. The summed E-state index contributed by atoms with van der Waals surface area (Å²) in [7, 11) is 1.63. The Labute approximate surface area is 209 Å². The highest BCUT2D eigenvalue weighted by Gasteiger charge is 2.15. The summed E-state index contributed by atoms with van der Waals surface area (Å²) in [6, 6.07) is 18.5. The van der Waals surface area contributed by atoms with Crippen LogP contribution in [0, 0.1) is 0 Å². The van der Waals surface area contributed by atoms with Gasteiger partial charge in [-0.15, -0.1) is 0 Å². The topological polar surface area (TPSA) is 89.8 Å². The van der Waals surface area contributed by atoms with Gasteiger partial charge in [0, 0.05) is 47.0 Å². The maximum absolute atomic E-state index is 12.8. The summed E-state index contributed by atoms with van der Waals surface area (Å²) in [6.45, 7) is 5.71. The number of allylic oxidation sites excluding steroid dienone is 1. The molecule has 0 aliphatic carbocycles. The Bertz CT molecular complexity index is 1420. The molecule has 0 atom stereocenters. The zero-order valence-electron chi connectivity index (χ0n) is 20.7. The highest BCUT2D eigenvalue weighted by Crippen LogP contribution is 2.38. The van der Waals surface area contributed by atoms with Crippen molar-refractivity contribution in [3.63, 3.8) is 0 Å². The van der Waals surface area contributed by atoms with E-state index in [9.17, 15) is 9.59 Å². The molecule has 36 heavy (non-hydrogen) atoms. The van der Waals surface area contributed by atoms with Gasteiger partial charge in [0.05, 0.1) is 20.0 Å². The van der Waals surface area contributed by atoms with Crippen LogP contribution >= 0.6 is 0 Å². The Hall–Kier alpha value is -4.52. The van der Waals surface area contributed by atoms with E-state index in [2.05, 4.69) is 10.6 Å². The average molecular weight is 485 g/mol. The number of furan rings is 1. The van der Waals surface area contributed by atoms with Crippen LogP contribution in [-0.4, -0.2) is 25.5 Å². The Morgan fingerprint density at radius 3 is 2.22 bits per heavy atom. The molecule has 0 unspecified atom stereocenters. The number of amides is 2. The van der Waals surface area contributed by atoms with Crippen molar-refractivity contribution in [2.75, 3.05) is 24.4 Å². The Kier molecular flexibility index (Phi) is 7.39. The van der Waals surface area contributed by atoms with Crippen molar-refractivity contribution < 1.29 is 23.5 Å². The fourth-order valence-electron chi connectivity index (χ4n) is 3.93. The quantitative estimate of drug-likeness (QED) is 0.278. The number of ether oxygens (including phenoxy) is 2. The zero-order chi connectivity index (χ0) is 25.7. The Balaban J connectivity index is 1.63. The van der Waals surface area contributed by atoms with Gasteiger partial charge in [0.25, 0.3) is 0 Å². The van der Waals surface area contributed by atoms with E-state index in [-0.39, 0.29) is 11.8 Å². The predicted molar refractivity (Wildman–Crippen MR) is 142 cm³/mol. The molecule has 0 spiro atoms. The second kappa shape index (κ2) is 10.8. The van der Waals surface area contributed by atoms with Gasteiger partial charge in [-0.25, -0.2) is 0 Å². The van der Waals surface area contributed by atoms with Crippen LogP contribution in [0.5, 0.6) is 11.5 Å². The normalized spacial score (nSPS) is 11.3. The lowest BCUT2D eigenvalue weighted by Crippen LogP contribution is -2.09. The van der Waals surface area contributed by atoms with Crippen molar-refractivity contribution in [2.24, 2.45) is 0 Å². The molecule has 2 amide bonds. The predicted octanol–water partition coefficient (Wildman–Crippen LogP) is 6.51. The van der Waals surface area contributed by atoms with Crippen LogP contribution in [0.3, 0.4) is 0 Å². The van der Waals surface area contributed by atoms with E-state index in [0.29, 0.717) is 29.3 Å². The highest BCUT2D eigenvalue weighted by molar-refractivity contribution is 6.05. The summed E-state index contributed by atoms with van der Waals surface area (Å²) in [6.07, 6.45) is 3.26. The smallest absolute Gasteiger partial charge is 0.248 e. The molecule has 4 rings (SSSR count). The number of fused-ring (bicyclic) bond motifs is 1. The van der Waals surface area contributed by atoms with E-state index in [0.717, 1.165) is 33.4 Å². The minimum absolute atomic E-state index is 0.153. The zero-order valence-corrected chi connectivity index (χ0v) is 20.7. The van der Waals surface area contributed by atoms with E-state index < -0.39 is 0 Å². The number of hydrogen-bond donors (Lipinski definition) is 2. The van der Waals surface area contributed by atoms with E-state index in [4.69, 9.17) is 13.9 Å². The van der Waals surface area contributed by atoms with Crippen molar-refractivity contribution in [2.45, 2.75) is 20.8 Å². The molecule has 7 nitrogen and oxygen atoms in total. The lowest BCUT2D eigenvalue weighted by atomic mass is 9.99. The summed E-state index contributed by atoms with van der Waals surface area (Å²) in [4.78, 5) is 24.0. The van der Waals surface area contributed by atoms with Crippen molar-refractivity contribution in [1.82, 2.24) is 0 Å². The van der Waals surface area contributed by atoms with Gasteiger partial charge in [0.15, 0.2) is 0 Å². The summed E-state index contributed by atoms with van der Waals surface area (Å²) in [5, 5.41) is 6.47. The van der Waals surface area contributed by atoms with Crippen LogP contribution in [0.2, 0.25) is 0 Å². The van der Waals surface area contributed by atoms with Crippen LogP contribution in [0.25, 0.3) is 27.7 Å². The maximum atomic E-state index is 12.8. The third-order valence-electron chi connectivity index (χ3n) is 5.62. The van der Waals surface area contributed by atoms with Crippen molar-refractivity contribution >= 4 is 39.7 Å². The van der Waals surface area contributed by atoms with Crippen molar-refractivity contribution in [1.29, 1.82) is 0 Å². The molecular weight excluding hydrogens is 456 g/mol. The highest BCUT2D eigenvalue weighted by atomic mass is 16.5. The first-order valence-corrected chi connectivity index (χ1v) is 11.6. The average Bonchev–Trinajstić information content (AvgIpc) is 3.27. The molecule has 0 radical (unpaired) electrons. The van der Waals surface area contributed by atoms with E-state index in [1.807, 2.05) is 50.2 Å². The molecule has 3 aromatic carbocycles. The molecule has 7 heteroatoms. The van der Waals surface area contributed by atoms with Crippen molar-refractivity contribution in [3.8, 4) is 22.6 Å². The molecule has 184 valence electrons. The Morgan fingerprint density at radius 1 is 0.944 bits per heavy atom. The fraction of sp³-hybridized carbons (Fsp3) is 0.172. The van der Waals surface area contributed by atoms with Gasteiger partial charge in [-0.1, -0.05) is 12.1 Å². The van der Waals surface area contributed by atoms with E-state index in [1.54, 1.807) is 43.7 Å². The third kappa shape index (κ3) is 5.58. The largest absolute Gasteiger partial charge is 0.497 e. The minimum atomic E-state index is -0.273. The van der Waals surface area contributed by atoms with Gasteiger partial charge in [-0.2, -0.15) is 0 Å². The molecule has 0 fully saturated rings. The number of hydrogen-bond acceptors (Lipinski definition) is 5. The third-order valence-corrected chi connectivity index (χ3v) is 5.62. The second-order valence-electron chi connectivity index (χ2n) is 8.23. The van der Waals surface area contributed by atoms with E-state index >= 15 is 0 Å². The minimum Gasteiger partial charge on any atom is -0.497 e. The lowest BCUT2D eigenvalue weighted by molar-refractivity contribution is -0.114. The number of methoxy groups -OCH3 is 1. The molecule has 1 aromatic heterocycles. The molecule has 0 bridgehead atoms. The SMILES string of the molecule is CCOc1cc2occ(-c3ccc(OC)cc3)c2cc1/C(C)=C/C(=O)Nc1ccc(NC(C)=O)cc1. The molecular formula is C29H28N2O5. The van der Waals surface area contributed by atoms with Crippen LogP contribution in [0.15, 0.2) is 77.4 Å². The van der Waals surface area contributed by atoms with Crippen LogP contribution < -0.4 is 20.1 Å². The van der Waals surface area contributed by atoms with Crippen molar-refractivity contribution in [3.05, 3.63) is 78.6 Å². The first kappa shape index (κ1) is 24.6. The van der Waals surface area contributed by atoms with Gasteiger partial charge >= 0.3 is 0 Å². The van der Waals surface area contributed by atoms with Gasteiger partial charge in [-0.05, 0) is 67.4 Å². The first-order valence-electron chi connectivity index (χ1n) is 11.6.